The standard InChI is InChI=1S/C40H36BN/c1-29-18-22-32(23-19-29)39(37-16-10-11-17-38(37)42(3)4)40(34-25-24-31-12-8-9-13-33(31)28-34)41(35-14-6-5-7-15-35)36-26-20-30(2)21-27-36/h5-28H,1-4H3/b40-39-. The molecule has 6 aromatic rings. The molecule has 0 aliphatic heterocycles. The molecule has 2 heteroatoms. The van der Waals surface area contributed by atoms with E-state index in [0.717, 1.165) is 0 Å². The first kappa shape index (κ1) is 27.4. The molecule has 6 aromatic carbocycles. The number of anilines is 1. The van der Waals surface area contributed by atoms with E-state index in [1.54, 1.807) is 0 Å². The van der Waals surface area contributed by atoms with E-state index in [1.807, 2.05) is 0 Å². The second kappa shape index (κ2) is 12.0. The highest BCUT2D eigenvalue weighted by Crippen LogP contribution is 2.39. The first-order chi connectivity index (χ1) is 20.5. The monoisotopic (exact) mass is 541 g/mol. The molecule has 0 unspecified atom stereocenters. The van der Waals surface area contributed by atoms with Gasteiger partial charge in [-0.15, -0.1) is 0 Å². The van der Waals surface area contributed by atoms with Gasteiger partial charge < -0.3 is 4.90 Å². The van der Waals surface area contributed by atoms with Crippen molar-refractivity contribution in [3.8, 4) is 0 Å². The van der Waals surface area contributed by atoms with Crippen LogP contribution in [0.5, 0.6) is 0 Å². The molecule has 0 saturated carbocycles. The molecule has 0 N–H and O–H groups in total. The fourth-order valence-electron chi connectivity index (χ4n) is 5.99. The summed E-state index contributed by atoms with van der Waals surface area (Å²) in [7, 11) is 4.27. The molecule has 0 heterocycles. The number of aryl methyl sites for hydroxylation is 2. The van der Waals surface area contributed by atoms with E-state index in [-0.39, 0.29) is 6.71 Å². The Kier molecular flexibility index (Phi) is 7.79. The van der Waals surface area contributed by atoms with Gasteiger partial charge in [0, 0.05) is 25.3 Å². The fourth-order valence-corrected chi connectivity index (χ4v) is 5.99. The van der Waals surface area contributed by atoms with Crippen LogP contribution in [0.2, 0.25) is 0 Å². The van der Waals surface area contributed by atoms with Gasteiger partial charge in [-0.2, -0.15) is 0 Å². The minimum Gasteiger partial charge on any atom is -0.377 e. The first-order valence-corrected chi connectivity index (χ1v) is 14.7. The van der Waals surface area contributed by atoms with Gasteiger partial charge in [0.25, 0.3) is 0 Å². The van der Waals surface area contributed by atoms with Crippen molar-refractivity contribution in [1.82, 2.24) is 0 Å². The van der Waals surface area contributed by atoms with Crippen LogP contribution in [0.4, 0.5) is 5.69 Å². The average molecular weight is 542 g/mol. The number of nitrogens with zero attached hydrogens (tertiary/aromatic N) is 1. The summed E-state index contributed by atoms with van der Waals surface area (Å²) in [6.45, 7) is 4.33. The van der Waals surface area contributed by atoms with Crippen molar-refractivity contribution < 1.29 is 0 Å². The van der Waals surface area contributed by atoms with E-state index >= 15 is 0 Å². The van der Waals surface area contributed by atoms with Crippen LogP contribution in [0.15, 0.2) is 146 Å². The summed E-state index contributed by atoms with van der Waals surface area (Å²) in [5.74, 6) is 0. The molecule has 0 fully saturated rings. The summed E-state index contributed by atoms with van der Waals surface area (Å²) >= 11 is 0. The van der Waals surface area contributed by atoms with E-state index in [9.17, 15) is 0 Å². The highest BCUT2D eigenvalue weighted by Gasteiger charge is 2.30. The summed E-state index contributed by atoms with van der Waals surface area (Å²) in [4.78, 5) is 2.23. The molecular weight excluding hydrogens is 505 g/mol. The normalized spacial score (nSPS) is 11.7. The van der Waals surface area contributed by atoms with Crippen molar-refractivity contribution in [3.05, 3.63) is 173 Å². The highest BCUT2D eigenvalue weighted by molar-refractivity contribution is 7.01. The van der Waals surface area contributed by atoms with Gasteiger partial charge in [0.05, 0.1) is 0 Å². The lowest BCUT2D eigenvalue weighted by Crippen LogP contribution is -2.44. The molecule has 42 heavy (non-hydrogen) atoms. The van der Waals surface area contributed by atoms with Crippen LogP contribution >= 0.6 is 0 Å². The number of hydrogen-bond donors (Lipinski definition) is 0. The van der Waals surface area contributed by atoms with Crippen molar-refractivity contribution in [2.24, 2.45) is 0 Å². The maximum atomic E-state index is 2.38. The molecule has 0 radical (unpaired) electrons. The summed E-state index contributed by atoms with van der Waals surface area (Å²) in [5, 5.41) is 2.49. The number of rotatable bonds is 7. The summed E-state index contributed by atoms with van der Waals surface area (Å²) < 4.78 is 0. The van der Waals surface area contributed by atoms with Gasteiger partial charge in [-0.1, -0.05) is 161 Å². The number of para-hydroxylation sites is 1. The van der Waals surface area contributed by atoms with Crippen LogP contribution in [0, 0.1) is 13.8 Å². The van der Waals surface area contributed by atoms with Crippen LogP contribution < -0.4 is 15.8 Å². The zero-order valence-electron chi connectivity index (χ0n) is 24.9. The minimum atomic E-state index is 0.0134. The lowest BCUT2D eigenvalue weighted by atomic mass is 9.34. The van der Waals surface area contributed by atoms with E-state index in [2.05, 4.69) is 178 Å². The van der Waals surface area contributed by atoms with Crippen LogP contribution in [-0.4, -0.2) is 20.8 Å². The van der Waals surface area contributed by atoms with E-state index < -0.39 is 0 Å². The van der Waals surface area contributed by atoms with Crippen molar-refractivity contribution >= 4 is 45.1 Å². The molecule has 6 rings (SSSR count). The van der Waals surface area contributed by atoms with E-state index in [0.29, 0.717) is 0 Å². The fraction of sp³-hybridized carbons (Fsp3) is 0.100. The number of benzene rings is 6. The summed E-state index contributed by atoms with van der Waals surface area (Å²) in [5.41, 5.74) is 12.5. The molecule has 0 aliphatic carbocycles. The first-order valence-electron chi connectivity index (χ1n) is 14.7. The van der Waals surface area contributed by atoms with E-state index in [4.69, 9.17) is 0 Å². The Bertz CT molecular complexity index is 1850. The molecule has 0 amide bonds. The molecule has 1 nitrogen and oxygen atoms in total. The van der Waals surface area contributed by atoms with E-state index in [1.165, 1.54) is 66.2 Å². The van der Waals surface area contributed by atoms with Crippen LogP contribution in [0.3, 0.4) is 0 Å². The Hall–Kier alpha value is -4.82. The van der Waals surface area contributed by atoms with Gasteiger partial charge in [-0.05, 0) is 53.5 Å². The molecule has 0 bridgehead atoms. The Morgan fingerprint density at radius 3 is 1.74 bits per heavy atom. The van der Waals surface area contributed by atoms with Crippen molar-refractivity contribution in [1.29, 1.82) is 0 Å². The van der Waals surface area contributed by atoms with Crippen molar-refractivity contribution in [3.63, 3.8) is 0 Å². The van der Waals surface area contributed by atoms with Crippen LogP contribution in [0.25, 0.3) is 21.8 Å². The van der Waals surface area contributed by atoms with Gasteiger partial charge in [0.2, 0.25) is 6.71 Å². The second-order valence-corrected chi connectivity index (χ2v) is 11.4. The molecular formula is C40H36BN. The minimum absolute atomic E-state index is 0.0134. The topological polar surface area (TPSA) is 3.24 Å². The SMILES string of the molecule is Cc1ccc(B(/C(=C(/c2ccc(C)cc2)c2ccccc2N(C)C)c2ccc3ccccc3c2)c2ccccc2)cc1. The van der Waals surface area contributed by atoms with Gasteiger partial charge in [0.1, 0.15) is 0 Å². The quantitative estimate of drug-likeness (QED) is 0.145. The third-order valence-electron chi connectivity index (χ3n) is 8.16. The highest BCUT2D eigenvalue weighted by atomic mass is 15.1. The maximum Gasteiger partial charge on any atom is 0.242 e. The predicted molar refractivity (Wildman–Crippen MR) is 184 cm³/mol. The van der Waals surface area contributed by atoms with Crippen LogP contribution in [0.1, 0.15) is 27.8 Å². The lowest BCUT2D eigenvalue weighted by molar-refractivity contribution is 1.13. The number of fused-ring (bicyclic) bond motifs is 1. The molecule has 0 spiro atoms. The third kappa shape index (κ3) is 5.54. The zero-order chi connectivity index (χ0) is 29.1. The number of hydrogen-bond acceptors (Lipinski definition) is 1. The smallest absolute Gasteiger partial charge is 0.242 e. The second-order valence-electron chi connectivity index (χ2n) is 11.4. The average Bonchev–Trinajstić information content (AvgIpc) is 3.03. The van der Waals surface area contributed by atoms with Gasteiger partial charge in [0.15, 0.2) is 0 Å². The molecule has 0 saturated heterocycles. The molecule has 0 aliphatic rings. The Morgan fingerprint density at radius 1 is 0.500 bits per heavy atom. The van der Waals surface area contributed by atoms with Gasteiger partial charge >= 0.3 is 0 Å². The largest absolute Gasteiger partial charge is 0.377 e. The summed E-state index contributed by atoms with van der Waals surface area (Å²) in [6, 6.07) is 53.5. The van der Waals surface area contributed by atoms with Crippen LogP contribution in [-0.2, 0) is 0 Å². The Morgan fingerprint density at radius 2 is 1.05 bits per heavy atom. The Balaban J connectivity index is 1.80. The Labute approximate surface area is 250 Å². The predicted octanol–water partition coefficient (Wildman–Crippen LogP) is 8.33. The van der Waals surface area contributed by atoms with Gasteiger partial charge in [-0.25, -0.2) is 0 Å². The van der Waals surface area contributed by atoms with Gasteiger partial charge in [-0.3, -0.25) is 0 Å². The van der Waals surface area contributed by atoms with Crippen molar-refractivity contribution in [2.75, 3.05) is 19.0 Å². The molecule has 0 aromatic heterocycles. The molecule has 204 valence electrons. The maximum absolute atomic E-state index is 2.38. The third-order valence-corrected chi connectivity index (χ3v) is 8.16. The lowest BCUT2D eigenvalue weighted by Gasteiger charge is -2.27. The molecule has 0 atom stereocenters. The summed E-state index contributed by atoms with van der Waals surface area (Å²) in [6.07, 6.45) is 0. The van der Waals surface area contributed by atoms with Crippen molar-refractivity contribution in [2.45, 2.75) is 13.8 Å². The zero-order valence-corrected chi connectivity index (χ0v) is 24.9.